The lowest BCUT2D eigenvalue weighted by Crippen LogP contribution is -2.55. The van der Waals surface area contributed by atoms with E-state index in [0.29, 0.717) is 0 Å². The lowest BCUT2D eigenvalue weighted by Gasteiger charge is -2.48. The molecule has 74 valence electrons. The Labute approximate surface area is 79.3 Å². The molecular formula is C10H18N2O. The third-order valence-electron chi connectivity index (χ3n) is 3.76. The maximum absolute atomic E-state index is 11.7. The number of hydrogen-bond acceptors (Lipinski definition) is 2. The van der Waals surface area contributed by atoms with Crippen LogP contribution in [0, 0.1) is 0 Å². The molecular weight excluding hydrogens is 164 g/mol. The van der Waals surface area contributed by atoms with Gasteiger partial charge in [0.15, 0.2) is 0 Å². The Morgan fingerprint density at radius 2 is 2.31 bits per heavy atom. The van der Waals surface area contributed by atoms with Crippen LogP contribution in [0.2, 0.25) is 0 Å². The molecule has 1 aliphatic heterocycles. The summed E-state index contributed by atoms with van der Waals surface area (Å²) in [5, 5.41) is 0. The fourth-order valence-corrected chi connectivity index (χ4v) is 2.57. The van der Waals surface area contributed by atoms with E-state index in [4.69, 9.17) is 5.73 Å². The number of nitrogens with zero attached hydrogens (tertiary/aromatic N) is 1. The summed E-state index contributed by atoms with van der Waals surface area (Å²) in [6.45, 7) is 3.06. The minimum Gasteiger partial charge on any atom is -0.336 e. The highest BCUT2D eigenvalue weighted by Crippen LogP contribution is 2.42. The molecule has 0 radical (unpaired) electrons. The number of rotatable bonds is 2. The van der Waals surface area contributed by atoms with Gasteiger partial charge < -0.3 is 10.6 Å². The average Bonchev–Trinajstić information content (AvgIpc) is 2.35. The quantitative estimate of drug-likeness (QED) is 0.689. The largest absolute Gasteiger partial charge is 0.336 e. The highest BCUT2D eigenvalue weighted by Gasteiger charge is 2.46. The molecule has 2 fully saturated rings. The van der Waals surface area contributed by atoms with Crippen LogP contribution < -0.4 is 5.73 Å². The van der Waals surface area contributed by atoms with Gasteiger partial charge in [-0.1, -0.05) is 6.92 Å². The number of hydrogen-bond donors (Lipinski definition) is 1. The molecule has 2 N–H and O–H groups in total. The molecule has 1 heterocycles. The van der Waals surface area contributed by atoms with E-state index in [-0.39, 0.29) is 17.5 Å². The van der Waals surface area contributed by atoms with Gasteiger partial charge in [0.25, 0.3) is 0 Å². The lowest BCUT2D eigenvalue weighted by molar-refractivity contribution is -0.138. The average molecular weight is 182 g/mol. The highest BCUT2D eigenvalue weighted by molar-refractivity contribution is 5.84. The number of likely N-dealkylation sites (tertiary alicyclic amines) is 1. The molecule has 3 nitrogen and oxygen atoms in total. The molecule has 3 heteroatoms. The summed E-state index contributed by atoms with van der Waals surface area (Å²) in [6.07, 6.45) is 5.57. The van der Waals surface area contributed by atoms with E-state index in [9.17, 15) is 4.79 Å². The van der Waals surface area contributed by atoms with Gasteiger partial charge in [-0.15, -0.1) is 0 Å². The van der Waals surface area contributed by atoms with Crippen LogP contribution in [0.15, 0.2) is 0 Å². The van der Waals surface area contributed by atoms with E-state index >= 15 is 0 Å². The van der Waals surface area contributed by atoms with Crippen molar-refractivity contribution >= 4 is 5.91 Å². The molecule has 0 aromatic heterocycles. The minimum atomic E-state index is -0.218. The number of carbonyl (C=O) groups is 1. The smallest absolute Gasteiger partial charge is 0.240 e. The van der Waals surface area contributed by atoms with Gasteiger partial charge >= 0.3 is 0 Å². The third kappa shape index (κ3) is 1.17. The van der Waals surface area contributed by atoms with Gasteiger partial charge in [0.05, 0.1) is 6.04 Å². The van der Waals surface area contributed by atoms with Crippen molar-refractivity contribution in [2.45, 2.75) is 50.6 Å². The predicted octanol–water partition coefficient (Wildman–Crippen LogP) is 0.879. The van der Waals surface area contributed by atoms with Crippen LogP contribution in [-0.2, 0) is 4.79 Å². The second-order valence-corrected chi connectivity index (χ2v) is 4.32. The number of amides is 1. The van der Waals surface area contributed by atoms with Gasteiger partial charge in [0, 0.05) is 12.1 Å². The second-order valence-electron chi connectivity index (χ2n) is 4.32. The third-order valence-corrected chi connectivity index (χ3v) is 3.76. The SMILES string of the molecule is CCC1(N2CCC(N)C2=O)CCC1. The van der Waals surface area contributed by atoms with E-state index in [2.05, 4.69) is 6.92 Å². The maximum Gasteiger partial charge on any atom is 0.240 e. The van der Waals surface area contributed by atoms with E-state index < -0.39 is 0 Å². The molecule has 1 aliphatic carbocycles. The zero-order chi connectivity index (χ0) is 9.47. The van der Waals surface area contributed by atoms with Gasteiger partial charge in [-0.25, -0.2) is 0 Å². The molecule has 0 spiro atoms. The summed E-state index contributed by atoms with van der Waals surface area (Å²) in [7, 11) is 0. The summed E-state index contributed by atoms with van der Waals surface area (Å²) in [4.78, 5) is 13.7. The highest BCUT2D eigenvalue weighted by atomic mass is 16.2. The van der Waals surface area contributed by atoms with Crippen LogP contribution in [0.25, 0.3) is 0 Å². The van der Waals surface area contributed by atoms with Crippen LogP contribution >= 0.6 is 0 Å². The van der Waals surface area contributed by atoms with Crippen molar-refractivity contribution in [3.63, 3.8) is 0 Å². The summed E-state index contributed by atoms with van der Waals surface area (Å²) >= 11 is 0. The van der Waals surface area contributed by atoms with Crippen molar-refractivity contribution in [1.29, 1.82) is 0 Å². The molecule has 1 saturated carbocycles. The van der Waals surface area contributed by atoms with Gasteiger partial charge in [-0.3, -0.25) is 4.79 Å². The van der Waals surface area contributed by atoms with Gasteiger partial charge in [0.2, 0.25) is 5.91 Å². The fourth-order valence-electron chi connectivity index (χ4n) is 2.57. The summed E-state index contributed by atoms with van der Waals surface area (Å²) in [6, 6.07) is -0.218. The van der Waals surface area contributed by atoms with Crippen LogP contribution in [0.5, 0.6) is 0 Å². The Morgan fingerprint density at radius 1 is 1.62 bits per heavy atom. The van der Waals surface area contributed by atoms with Crippen LogP contribution in [0.3, 0.4) is 0 Å². The molecule has 1 saturated heterocycles. The lowest BCUT2D eigenvalue weighted by atomic mass is 9.73. The molecule has 13 heavy (non-hydrogen) atoms. The Balaban J connectivity index is 2.12. The van der Waals surface area contributed by atoms with Crippen molar-refractivity contribution in [2.75, 3.05) is 6.54 Å². The molecule has 0 aromatic rings. The monoisotopic (exact) mass is 182 g/mol. The fraction of sp³-hybridized carbons (Fsp3) is 0.900. The Bertz CT molecular complexity index is 217. The van der Waals surface area contributed by atoms with E-state index in [1.807, 2.05) is 4.90 Å². The van der Waals surface area contributed by atoms with Gasteiger partial charge in [-0.05, 0) is 32.1 Å². The normalized spacial score (nSPS) is 32.0. The first kappa shape index (κ1) is 9.00. The first-order valence-electron chi connectivity index (χ1n) is 5.27. The van der Waals surface area contributed by atoms with Crippen molar-refractivity contribution in [3.05, 3.63) is 0 Å². The van der Waals surface area contributed by atoms with Crippen LogP contribution in [-0.4, -0.2) is 28.9 Å². The predicted molar refractivity (Wildman–Crippen MR) is 51.2 cm³/mol. The summed E-state index contributed by atoms with van der Waals surface area (Å²) in [5.41, 5.74) is 5.91. The Morgan fingerprint density at radius 3 is 2.62 bits per heavy atom. The first-order valence-corrected chi connectivity index (χ1v) is 5.27. The first-order chi connectivity index (χ1) is 6.19. The molecule has 1 unspecified atom stereocenters. The van der Waals surface area contributed by atoms with Crippen molar-refractivity contribution in [3.8, 4) is 0 Å². The standard InChI is InChI=1S/C10H18N2O/c1-2-10(5-3-6-10)12-7-4-8(11)9(12)13/h8H,2-7,11H2,1H3. The van der Waals surface area contributed by atoms with E-state index in [1.165, 1.54) is 19.3 Å². The molecule has 0 aromatic carbocycles. The molecule has 2 rings (SSSR count). The summed E-state index contributed by atoms with van der Waals surface area (Å²) in [5.74, 6) is 0.182. The molecule has 1 atom stereocenters. The molecule has 2 aliphatic rings. The Kier molecular flexibility index (Phi) is 2.06. The van der Waals surface area contributed by atoms with Crippen molar-refractivity contribution < 1.29 is 4.79 Å². The zero-order valence-corrected chi connectivity index (χ0v) is 8.25. The number of nitrogens with two attached hydrogens (primary N) is 1. The van der Waals surface area contributed by atoms with Crippen molar-refractivity contribution in [2.24, 2.45) is 5.73 Å². The minimum absolute atomic E-state index is 0.182. The summed E-state index contributed by atoms with van der Waals surface area (Å²) < 4.78 is 0. The topological polar surface area (TPSA) is 46.3 Å². The molecule has 1 amide bonds. The van der Waals surface area contributed by atoms with Gasteiger partial charge in [-0.2, -0.15) is 0 Å². The van der Waals surface area contributed by atoms with Crippen molar-refractivity contribution in [1.82, 2.24) is 4.90 Å². The van der Waals surface area contributed by atoms with E-state index in [0.717, 1.165) is 19.4 Å². The molecule has 0 bridgehead atoms. The van der Waals surface area contributed by atoms with Crippen LogP contribution in [0.1, 0.15) is 39.0 Å². The van der Waals surface area contributed by atoms with E-state index in [1.54, 1.807) is 0 Å². The number of carbonyl (C=O) groups excluding carboxylic acids is 1. The Hall–Kier alpha value is -0.570. The second kappa shape index (κ2) is 2.98. The van der Waals surface area contributed by atoms with Crippen LogP contribution in [0.4, 0.5) is 0 Å². The zero-order valence-electron chi connectivity index (χ0n) is 8.25. The maximum atomic E-state index is 11.7. The van der Waals surface area contributed by atoms with Gasteiger partial charge in [0.1, 0.15) is 0 Å².